The summed E-state index contributed by atoms with van der Waals surface area (Å²) in [5, 5.41) is 14.7. The first kappa shape index (κ1) is 19.3. The van der Waals surface area contributed by atoms with Crippen LogP contribution in [0, 0.1) is 11.7 Å². The van der Waals surface area contributed by atoms with Crippen molar-refractivity contribution in [2.24, 2.45) is 5.92 Å². The minimum Gasteiger partial charge on any atom is -0.508 e. The van der Waals surface area contributed by atoms with E-state index in [1.165, 1.54) is 41.3 Å². The molecule has 7 nitrogen and oxygen atoms in total. The van der Waals surface area contributed by atoms with Crippen LogP contribution in [0.4, 0.5) is 15.8 Å². The van der Waals surface area contributed by atoms with Crippen LogP contribution in [0.3, 0.4) is 0 Å². The van der Waals surface area contributed by atoms with Gasteiger partial charge in [0.05, 0.1) is 5.92 Å². The van der Waals surface area contributed by atoms with Crippen molar-refractivity contribution < 1.29 is 23.9 Å². The van der Waals surface area contributed by atoms with Gasteiger partial charge in [0.2, 0.25) is 17.7 Å². The number of hydrogen-bond acceptors (Lipinski definition) is 4. The van der Waals surface area contributed by atoms with Gasteiger partial charge in [0.15, 0.2) is 0 Å². The molecule has 146 valence electrons. The molecule has 1 saturated heterocycles. The Bertz CT molecular complexity index is 885. The lowest BCUT2D eigenvalue weighted by molar-refractivity contribution is -0.126. The standard InChI is InChI=1S/C20H20FN3O4/c21-14-4-6-16(7-5-14)24-12-13(10-19(24)27)20(28)22-9-8-18(26)23-15-2-1-3-17(25)11-15/h1-7,11,13,25H,8-10,12H2,(H,22,28)(H,23,26)/t13-/m0/s1. The van der Waals surface area contributed by atoms with Gasteiger partial charge < -0.3 is 20.6 Å². The van der Waals surface area contributed by atoms with Crippen LogP contribution in [0.15, 0.2) is 48.5 Å². The molecule has 0 spiro atoms. The van der Waals surface area contributed by atoms with Gasteiger partial charge in [0, 0.05) is 43.4 Å². The summed E-state index contributed by atoms with van der Waals surface area (Å²) in [7, 11) is 0. The molecule has 3 N–H and O–H groups in total. The fraction of sp³-hybridized carbons (Fsp3) is 0.250. The minimum atomic E-state index is -0.522. The van der Waals surface area contributed by atoms with Gasteiger partial charge in [-0.25, -0.2) is 4.39 Å². The first-order valence-corrected chi connectivity index (χ1v) is 8.85. The van der Waals surface area contributed by atoms with Crippen molar-refractivity contribution in [3.63, 3.8) is 0 Å². The monoisotopic (exact) mass is 385 g/mol. The molecule has 28 heavy (non-hydrogen) atoms. The molecule has 2 aromatic rings. The van der Waals surface area contributed by atoms with Crippen LogP contribution in [0.5, 0.6) is 5.75 Å². The highest BCUT2D eigenvalue weighted by atomic mass is 19.1. The van der Waals surface area contributed by atoms with E-state index in [-0.39, 0.29) is 49.4 Å². The van der Waals surface area contributed by atoms with Crippen LogP contribution in [0.2, 0.25) is 0 Å². The summed E-state index contributed by atoms with van der Waals surface area (Å²) in [6.07, 6.45) is 0.127. The summed E-state index contributed by atoms with van der Waals surface area (Å²) in [4.78, 5) is 37.8. The second-order valence-electron chi connectivity index (χ2n) is 6.52. The molecule has 8 heteroatoms. The normalized spacial score (nSPS) is 16.1. The number of hydrogen-bond donors (Lipinski definition) is 3. The SMILES string of the molecule is O=C(CCNC(=O)[C@H]1CC(=O)N(c2ccc(F)cc2)C1)Nc1cccc(O)c1. The zero-order chi connectivity index (χ0) is 20.1. The van der Waals surface area contributed by atoms with Gasteiger partial charge in [-0.2, -0.15) is 0 Å². The van der Waals surface area contributed by atoms with Gasteiger partial charge in [-0.15, -0.1) is 0 Å². The number of halogens is 1. The predicted molar refractivity (Wildman–Crippen MR) is 101 cm³/mol. The molecule has 0 saturated carbocycles. The maximum Gasteiger partial charge on any atom is 0.227 e. The minimum absolute atomic E-state index is 0.0442. The van der Waals surface area contributed by atoms with Crippen molar-refractivity contribution in [3.8, 4) is 5.75 Å². The van der Waals surface area contributed by atoms with Crippen LogP contribution >= 0.6 is 0 Å². The number of phenolic OH excluding ortho intramolecular Hbond substituents is 1. The number of phenols is 1. The van der Waals surface area contributed by atoms with Crippen LogP contribution in [0.25, 0.3) is 0 Å². The number of benzene rings is 2. The van der Waals surface area contributed by atoms with Crippen LogP contribution in [-0.2, 0) is 14.4 Å². The van der Waals surface area contributed by atoms with E-state index in [2.05, 4.69) is 10.6 Å². The van der Waals surface area contributed by atoms with Crippen molar-refractivity contribution in [2.45, 2.75) is 12.8 Å². The number of carbonyl (C=O) groups is 3. The smallest absolute Gasteiger partial charge is 0.227 e. The maximum atomic E-state index is 13.0. The Balaban J connectivity index is 1.45. The number of nitrogens with zero attached hydrogens (tertiary/aromatic N) is 1. The number of anilines is 2. The first-order valence-electron chi connectivity index (χ1n) is 8.85. The van der Waals surface area contributed by atoms with Crippen molar-refractivity contribution in [1.82, 2.24) is 5.32 Å². The molecule has 1 aliphatic rings. The molecule has 1 aliphatic heterocycles. The molecule has 1 atom stereocenters. The summed E-state index contributed by atoms with van der Waals surface area (Å²) < 4.78 is 13.0. The van der Waals surface area contributed by atoms with Gasteiger partial charge in [-0.3, -0.25) is 14.4 Å². The molecule has 0 radical (unpaired) electrons. The Morgan fingerprint density at radius 2 is 1.93 bits per heavy atom. The number of amides is 3. The summed E-state index contributed by atoms with van der Waals surface area (Å²) in [5.41, 5.74) is 1.01. The third-order valence-corrected chi connectivity index (χ3v) is 4.42. The number of carbonyl (C=O) groups excluding carboxylic acids is 3. The second kappa shape index (κ2) is 8.51. The van der Waals surface area contributed by atoms with Gasteiger partial charge >= 0.3 is 0 Å². The molecule has 2 aromatic carbocycles. The molecule has 0 aromatic heterocycles. The molecule has 0 aliphatic carbocycles. The average Bonchev–Trinajstić information content (AvgIpc) is 3.04. The summed E-state index contributed by atoms with van der Waals surface area (Å²) >= 11 is 0. The van der Waals surface area contributed by atoms with E-state index in [1.807, 2.05) is 0 Å². The predicted octanol–water partition coefficient (Wildman–Crippen LogP) is 2.03. The molecule has 3 rings (SSSR count). The van der Waals surface area contributed by atoms with E-state index in [0.717, 1.165) is 0 Å². The Hall–Kier alpha value is -3.42. The Kier molecular flexibility index (Phi) is 5.88. The summed E-state index contributed by atoms with van der Waals surface area (Å²) in [5.74, 6) is -1.68. The Morgan fingerprint density at radius 1 is 1.18 bits per heavy atom. The number of nitrogens with one attached hydrogen (secondary N) is 2. The van der Waals surface area contributed by atoms with Gasteiger partial charge in [0.1, 0.15) is 11.6 Å². The van der Waals surface area contributed by atoms with Crippen LogP contribution in [-0.4, -0.2) is 35.9 Å². The second-order valence-corrected chi connectivity index (χ2v) is 6.52. The van der Waals surface area contributed by atoms with Crippen molar-refractivity contribution >= 4 is 29.1 Å². The van der Waals surface area contributed by atoms with E-state index in [1.54, 1.807) is 12.1 Å². The molecule has 0 bridgehead atoms. The third kappa shape index (κ3) is 4.85. The fourth-order valence-corrected chi connectivity index (χ4v) is 3.00. The zero-order valence-electron chi connectivity index (χ0n) is 15.0. The van der Waals surface area contributed by atoms with Gasteiger partial charge in [0.25, 0.3) is 0 Å². The first-order chi connectivity index (χ1) is 13.4. The lowest BCUT2D eigenvalue weighted by Crippen LogP contribution is -2.34. The van der Waals surface area contributed by atoms with E-state index in [4.69, 9.17) is 0 Å². The maximum absolute atomic E-state index is 13.0. The highest BCUT2D eigenvalue weighted by molar-refractivity contribution is 6.00. The Morgan fingerprint density at radius 3 is 2.64 bits per heavy atom. The highest BCUT2D eigenvalue weighted by Gasteiger charge is 2.34. The number of aromatic hydroxyl groups is 1. The lowest BCUT2D eigenvalue weighted by Gasteiger charge is -2.16. The van der Waals surface area contributed by atoms with Crippen LogP contribution < -0.4 is 15.5 Å². The van der Waals surface area contributed by atoms with Crippen molar-refractivity contribution in [1.29, 1.82) is 0 Å². The summed E-state index contributed by atoms with van der Waals surface area (Å²) in [6.45, 7) is 0.344. The Labute approximate surface area is 161 Å². The van der Waals surface area contributed by atoms with Crippen molar-refractivity contribution in [2.75, 3.05) is 23.3 Å². The van der Waals surface area contributed by atoms with Gasteiger partial charge in [-0.1, -0.05) is 6.07 Å². The summed E-state index contributed by atoms with van der Waals surface area (Å²) in [6, 6.07) is 11.7. The van der Waals surface area contributed by atoms with Crippen LogP contribution in [0.1, 0.15) is 12.8 Å². The molecule has 1 fully saturated rings. The van der Waals surface area contributed by atoms with Crippen molar-refractivity contribution in [3.05, 3.63) is 54.3 Å². The number of rotatable bonds is 6. The molecule has 3 amide bonds. The van der Waals surface area contributed by atoms with E-state index < -0.39 is 11.7 Å². The van der Waals surface area contributed by atoms with Gasteiger partial charge in [-0.05, 0) is 36.4 Å². The van der Waals surface area contributed by atoms with E-state index in [0.29, 0.717) is 11.4 Å². The largest absolute Gasteiger partial charge is 0.508 e. The quantitative estimate of drug-likeness (QED) is 0.709. The lowest BCUT2D eigenvalue weighted by atomic mass is 10.1. The average molecular weight is 385 g/mol. The molecule has 1 heterocycles. The zero-order valence-corrected chi connectivity index (χ0v) is 15.0. The highest BCUT2D eigenvalue weighted by Crippen LogP contribution is 2.25. The van der Waals surface area contributed by atoms with E-state index >= 15 is 0 Å². The molecular weight excluding hydrogens is 365 g/mol. The van der Waals surface area contributed by atoms with E-state index in [9.17, 15) is 23.9 Å². The topological polar surface area (TPSA) is 98.7 Å². The molecule has 0 unspecified atom stereocenters. The fourth-order valence-electron chi connectivity index (χ4n) is 3.00. The molecular formula is C20H20FN3O4. The third-order valence-electron chi connectivity index (χ3n) is 4.42.